The van der Waals surface area contributed by atoms with Crippen molar-refractivity contribution in [1.29, 1.82) is 0 Å². The van der Waals surface area contributed by atoms with E-state index < -0.39 is 0 Å². The number of para-hydroxylation sites is 1. The van der Waals surface area contributed by atoms with E-state index in [1.165, 1.54) is 0 Å². The van der Waals surface area contributed by atoms with E-state index >= 15 is 0 Å². The predicted octanol–water partition coefficient (Wildman–Crippen LogP) is 3.09. The molecule has 6 nitrogen and oxygen atoms in total. The van der Waals surface area contributed by atoms with Crippen molar-refractivity contribution in [2.24, 2.45) is 0 Å². The molecule has 0 saturated carbocycles. The number of benzene rings is 2. The smallest absolute Gasteiger partial charge is 0.262 e. The number of carbonyl (C=O) groups is 2. The summed E-state index contributed by atoms with van der Waals surface area (Å²) in [6, 6.07) is 12.7. The minimum atomic E-state index is -0.325. The van der Waals surface area contributed by atoms with Crippen LogP contribution in [0.3, 0.4) is 0 Å². The van der Waals surface area contributed by atoms with Crippen LogP contribution in [0.15, 0.2) is 42.5 Å². The van der Waals surface area contributed by atoms with E-state index in [1.807, 2.05) is 32.0 Å². The van der Waals surface area contributed by atoms with Crippen molar-refractivity contribution in [3.63, 3.8) is 0 Å². The number of hydrogen-bond acceptors (Lipinski definition) is 4. The number of rotatable bonds is 9. The molecular weight excluding hydrogens is 344 g/mol. The van der Waals surface area contributed by atoms with Crippen LogP contribution in [0.1, 0.15) is 27.9 Å². The zero-order valence-corrected chi connectivity index (χ0v) is 16.0. The lowest BCUT2D eigenvalue weighted by molar-refractivity contribution is -0.118. The molecule has 0 unspecified atom stereocenters. The molecule has 0 aliphatic carbocycles. The standard InChI is InChI=1S/C21H26N2O4/c1-15-11-16(2)13-17(12-15)27-14-20(24)23-19-8-5-4-7-18(19)21(25)22-9-6-10-26-3/h4-5,7-8,11-13H,6,9-10,14H2,1-3H3,(H,22,25)(H,23,24). The van der Waals surface area contributed by atoms with E-state index in [9.17, 15) is 9.59 Å². The Morgan fingerprint density at radius 1 is 1.04 bits per heavy atom. The van der Waals surface area contributed by atoms with Gasteiger partial charge in [-0.15, -0.1) is 0 Å². The van der Waals surface area contributed by atoms with Gasteiger partial charge in [-0.1, -0.05) is 18.2 Å². The van der Waals surface area contributed by atoms with Gasteiger partial charge in [-0.2, -0.15) is 0 Å². The van der Waals surface area contributed by atoms with Crippen LogP contribution in [-0.4, -0.2) is 38.7 Å². The first kappa shape index (κ1) is 20.5. The molecule has 0 heterocycles. The number of hydrogen-bond donors (Lipinski definition) is 2. The van der Waals surface area contributed by atoms with E-state index in [-0.39, 0.29) is 18.4 Å². The lowest BCUT2D eigenvalue weighted by Gasteiger charge is -2.12. The minimum absolute atomic E-state index is 0.132. The molecular formula is C21H26N2O4. The normalized spacial score (nSPS) is 10.3. The summed E-state index contributed by atoms with van der Waals surface area (Å²) in [5, 5.41) is 5.56. The van der Waals surface area contributed by atoms with Gasteiger partial charge in [0, 0.05) is 20.3 Å². The highest BCUT2D eigenvalue weighted by Crippen LogP contribution is 2.17. The third kappa shape index (κ3) is 6.75. The van der Waals surface area contributed by atoms with Gasteiger partial charge in [-0.05, 0) is 55.7 Å². The van der Waals surface area contributed by atoms with Crippen LogP contribution in [0.2, 0.25) is 0 Å². The summed E-state index contributed by atoms with van der Waals surface area (Å²) in [6.45, 7) is 4.90. The summed E-state index contributed by atoms with van der Waals surface area (Å²) in [4.78, 5) is 24.6. The fraction of sp³-hybridized carbons (Fsp3) is 0.333. The molecule has 0 fully saturated rings. The van der Waals surface area contributed by atoms with Gasteiger partial charge in [0.05, 0.1) is 11.3 Å². The van der Waals surface area contributed by atoms with Crippen LogP contribution >= 0.6 is 0 Å². The van der Waals surface area contributed by atoms with E-state index in [4.69, 9.17) is 9.47 Å². The van der Waals surface area contributed by atoms with Crippen LogP contribution < -0.4 is 15.4 Å². The Balaban J connectivity index is 1.94. The van der Waals surface area contributed by atoms with E-state index in [0.29, 0.717) is 30.2 Å². The molecule has 2 N–H and O–H groups in total. The average molecular weight is 370 g/mol. The molecule has 0 aromatic heterocycles. The first-order valence-electron chi connectivity index (χ1n) is 8.86. The molecule has 2 amide bonds. The zero-order valence-electron chi connectivity index (χ0n) is 16.0. The summed E-state index contributed by atoms with van der Waals surface area (Å²) >= 11 is 0. The Labute approximate surface area is 159 Å². The van der Waals surface area contributed by atoms with E-state index in [1.54, 1.807) is 31.4 Å². The molecule has 0 bridgehead atoms. The fourth-order valence-electron chi connectivity index (χ4n) is 2.66. The van der Waals surface area contributed by atoms with Crippen molar-refractivity contribution in [3.05, 3.63) is 59.2 Å². The van der Waals surface area contributed by atoms with E-state index in [0.717, 1.165) is 17.5 Å². The number of carbonyl (C=O) groups excluding carboxylic acids is 2. The maximum Gasteiger partial charge on any atom is 0.262 e. The van der Waals surface area contributed by atoms with Gasteiger partial charge in [0.25, 0.3) is 11.8 Å². The molecule has 0 atom stereocenters. The summed E-state index contributed by atoms with van der Waals surface area (Å²) in [7, 11) is 1.62. The Kier molecular flexibility index (Phi) is 7.82. The number of aryl methyl sites for hydroxylation is 2. The Morgan fingerprint density at radius 2 is 1.74 bits per heavy atom. The molecule has 144 valence electrons. The number of amides is 2. The molecule has 2 aromatic carbocycles. The Bertz CT molecular complexity index is 769. The largest absolute Gasteiger partial charge is 0.484 e. The number of methoxy groups -OCH3 is 1. The monoisotopic (exact) mass is 370 g/mol. The molecule has 0 saturated heterocycles. The molecule has 0 spiro atoms. The number of ether oxygens (including phenoxy) is 2. The molecule has 0 radical (unpaired) electrons. The van der Waals surface area contributed by atoms with Gasteiger partial charge in [0.2, 0.25) is 0 Å². The number of anilines is 1. The quantitative estimate of drug-likeness (QED) is 0.665. The molecule has 2 aromatic rings. The highest BCUT2D eigenvalue weighted by Gasteiger charge is 2.13. The van der Waals surface area contributed by atoms with Crippen LogP contribution in [0.4, 0.5) is 5.69 Å². The predicted molar refractivity (Wildman–Crippen MR) is 105 cm³/mol. The average Bonchev–Trinajstić information content (AvgIpc) is 2.63. The van der Waals surface area contributed by atoms with Crippen molar-refractivity contribution in [1.82, 2.24) is 5.32 Å². The Morgan fingerprint density at radius 3 is 2.44 bits per heavy atom. The Hall–Kier alpha value is -2.86. The second kappa shape index (κ2) is 10.3. The van der Waals surface area contributed by atoms with E-state index in [2.05, 4.69) is 10.6 Å². The zero-order chi connectivity index (χ0) is 19.6. The van der Waals surface area contributed by atoms with Gasteiger partial charge in [0.1, 0.15) is 5.75 Å². The van der Waals surface area contributed by atoms with Crippen molar-refractivity contribution in [2.75, 3.05) is 32.2 Å². The first-order chi connectivity index (χ1) is 13.0. The van der Waals surface area contributed by atoms with Crippen molar-refractivity contribution in [2.45, 2.75) is 20.3 Å². The van der Waals surface area contributed by atoms with Gasteiger partial charge in [0.15, 0.2) is 6.61 Å². The topological polar surface area (TPSA) is 76.7 Å². The molecule has 0 aliphatic heterocycles. The number of nitrogens with one attached hydrogen (secondary N) is 2. The summed E-state index contributed by atoms with van der Waals surface area (Å²) < 4.78 is 10.5. The maximum absolute atomic E-state index is 12.3. The van der Waals surface area contributed by atoms with Gasteiger partial charge >= 0.3 is 0 Å². The fourth-order valence-corrected chi connectivity index (χ4v) is 2.66. The van der Waals surface area contributed by atoms with Gasteiger partial charge in [-0.3, -0.25) is 9.59 Å². The summed E-state index contributed by atoms with van der Waals surface area (Å²) in [6.07, 6.45) is 0.723. The van der Waals surface area contributed by atoms with Crippen LogP contribution in [0, 0.1) is 13.8 Å². The highest BCUT2D eigenvalue weighted by molar-refractivity contribution is 6.04. The second-order valence-corrected chi connectivity index (χ2v) is 6.31. The molecule has 6 heteroatoms. The molecule has 2 rings (SSSR count). The van der Waals surface area contributed by atoms with Crippen LogP contribution in [0.5, 0.6) is 5.75 Å². The SMILES string of the molecule is COCCCNC(=O)c1ccccc1NC(=O)COc1cc(C)cc(C)c1. The van der Waals surface area contributed by atoms with Crippen molar-refractivity contribution in [3.8, 4) is 5.75 Å². The maximum atomic E-state index is 12.3. The molecule has 0 aliphatic rings. The lowest BCUT2D eigenvalue weighted by Crippen LogP contribution is -2.27. The van der Waals surface area contributed by atoms with Crippen LogP contribution in [-0.2, 0) is 9.53 Å². The van der Waals surface area contributed by atoms with Crippen molar-refractivity contribution >= 4 is 17.5 Å². The van der Waals surface area contributed by atoms with Crippen LogP contribution in [0.25, 0.3) is 0 Å². The molecule has 27 heavy (non-hydrogen) atoms. The van der Waals surface area contributed by atoms with Gasteiger partial charge in [-0.25, -0.2) is 0 Å². The lowest BCUT2D eigenvalue weighted by atomic mass is 10.1. The minimum Gasteiger partial charge on any atom is -0.484 e. The van der Waals surface area contributed by atoms with Gasteiger partial charge < -0.3 is 20.1 Å². The second-order valence-electron chi connectivity index (χ2n) is 6.31. The highest BCUT2D eigenvalue weighted by atomic mass is 16.5. The first-order valence-corrected chi connectivity index (χ1v) is 8.86. The van der Waals surface area contributed by atoms with Crippen molar-refractivity contribution < 1.29 is 19.1 Å². The third-order valence-corrected chi connectivity index (χ3v) is 3.82. The summed E-state index contributed by atoms with van der Waals surface area (Å²) in [5.41, 5.74) is 3.01. The third-order valence-electron chi connectivity index (χ3n) is 3.82. The summed E-state index contributed by atoms with van der Waals surface area (Å²) in [5.74, 6) is 0.0813.